The molecular weight excluding hydrogens is 212 g/mol. The fraction of sp³-hybridized carbons (Fsp3) is 0.0667. The van der Waals surface area contributed by atoms with E-state index in [2.05, 4.69) is 30.2 Å². The minimum atomic E-state index is 0.981. The number of hydrogen-bond acceptors (Lipinski definition) is 1. The first-order chi connectivity index (χ1) is 7.85. The maximum absolute atomic E-state index is 5.26. The van der Waals surface area contributed by atoms with Crippen LogP contribution in [0, 0.1) is 12.3 Å². The van der Waals surface area contributed by atoms with Crippen LogP contribution in [0.25, 0.3) is 11.1 Å². The number of benzene rings is 2. The molecule has 0 atom stereocenters. The van der Waals surface area contributed by atoms with Gasteiger partial charge in [0.1, 0.15) is 0 Å². The molecule has 3 rings (SSSR count). The summed E-state index contributed by atoms with van der Waals surface area (Å²) in [6.45, 7) is 0. The monoisotopic (exact) mass is 224 g/mol. The maximum Gasteiger partial charge on any atom is 0.0378 e. The molecule has 0 amide bonds. The van der Waals surface area contributed by atoms with E-state index in [0.717, 1.165) is 5.56 Å². The van der Waals surface area contributed by atoms with Gasteiger partial charge in [0.05, 0.1) is 0 Å². The molecule has 0 heterocycles. The van der Waals surface area contributed by atoms with Crippen LogP contribution in [0.3, 0.4) is 0 Å². The first-order valence-corrected chi connectivity index (χ1v) is 6.27. The molecule has 0 spiro atoms. The smallest absolute Gasteiger partial charge is 0.0378 e. The van der Waals surface area contributed by atoms with Crippen LogP contribution in [0.5, 0.6) is 0 Å². The highest BCUT2D eigenvalue weighted by Gasteiger charge is 2.03. The second kappa shape index (κ2) is 4.92. The van der Waals surface area contributed by atoms with Gasteiger partial charge in [0.2, 0.25) is 0 Å². The molecule has 1 heteroatoms. The van der Waals surface area contributed by atoms with Crippen LogP contribution in [0.15, 0.2) is 53.4 Å². The first-order valence-electron chi connectivity index (χ1n) is 5.05. The van der Waals surface area contributed by atoms with Gasteiger partial charge in [0.25, 0.3) is 0 Å². The molecule has 0 unspecified atom stereocenters. The summed E-state index contributed by atoms with van der Waals surface area (Å²) in [6, 6.07) is 16.4. The molecule has 0 saturated heterocycles. The molecule has 0 saturated carbocycles. The molecule has 0 bridgehead atoms. The fourth-order valence-corrected chi connectivity index (χ4v) is 1.99. The molecule has 0 N–H and O–H groups in total. The standard InChI is InChI=1S/C9H8S.C6H4/c1-3-8-6-4-5-7-9(8)10-2;1-2-6-4-3-5(1)6/h1,4-7H,2H3;1-4H. The van der Waals surface area contributed by atoms with Gasteiger partial charge >= 0.3 is 0 Å². The molecule has 2 aliphatic rings. The molecular formula is C15H12S. The second-order valence-electron chi connectivity index (χ2n) is 3.42. The number of fused-ring (bicyclic) bond motifs is 1. The van der Waals surface area contributed by atoms with Gasteiger partial charge in [0, 0.05) is 10.5 Å². The highest BCUT2D eigenvalue weighted by Crippen LogP contribution is 2.29. The Bertz CT molecular complexity index is 497. The molecule has 0 nitrogen and oxygen atoms in total. The van der Waals surface area contributed by atoms with E-state index in [1.807, 2.05) is 30.5 Å². The van der Waals surface area contributed by atoms with Gasteiger partial charge in [-0.1, -0.05) is 42.3 Å². The van der Waals surface area contributed by atoms with Crippen LogP contribution in [-0.2, 0) is 0 Å². The number of thioether (sulfide) groups is 1. The minimum Gasteiger partial charge on any atom is -0.128 e. The van der Waals surface area contributed by atoms with E-state index in [1.54, 1.807) is 11.8 Å². The van der Waals surface area contributed by atoms with Gasteiger partial charge in [-0.25, -0.2) is 0 Å². The zero-order chi connectivity index (χ0) is 11.4. The Balaban J connectivity index is 0.000000134. The average Bonchev–Trinajstić information content (AvgIpc) is 2.34. The van der Waals surface area contributed by atoms with Gasteiger partial charge in [0.15, 0.2) is 0 Å². The van der Waals surface area contributed by atoms with Crippen molar-refractivity contribution in [1.82, 2.24) is 0 Å². The second-order valence-corrected chi connectivity index (χ2v) is 4.27. The summed E-state index contributed by atoms with van der Waals surface area (Å²) < 4.78 is 0. The van der Waals surface area contributed by atoms with Crippen molar-refractivity contribution in [3.05, 3.63) is 54.1 Å². The topological polar surface area (TPSA) is 0 Å². The van der Waals surface area contributed by atoms with E-state index >= 15 is 0 Å². The highest BCUT2D eigenvalue weighted by molar-refractivity contribution is 7.98. The third-order valence-electron chi connectivity index (χ3n) is 2.48. The van der Waals surface area contributed by atoms with Crippen LogP contribution >= 0.6 is 11.8 Å². The molecule has 0 aromatic heterocycles. The fourth-order valence-electron chi connectivity index (χ4n) is 1.43. The molecule has 0 radical (unpaired) electrons. The zero-order valence-electron chi connectivity index (χ0n) is 9.10. The van der Waals surface area contributed by atoms with E-state index < -0.39 is 0 Å². The van der Waals surface area contributed by atoms with Crippen molar-refractivity contribution in [2.24, 2.45) is 0 Å². The summed E-state index contributed by atoms with van der Waals surface area (Å²) in [5.41, 5.74) is 3.83. The lowest BCUT2D eigenvalue weighted by molar-refractivity contribution is 1.42. The number of terminal acetylenes is 1. The minimum absolute atomic E-state index is 0.981. The van der Waals surface area contributed by atoms with Crippen molar-refractivity contribution in [2.75, 3.05) is 6.26 Å². The molecule has 0 aliphatic heterocycles. The van der Waals surface area contributed by atoms with Crippen molar-refractivity contribution >= 4 is 11.8 Å². The SMILES string of the molecule is C#Cc1ccccc1SC.c1cc2ccc1-2. The van der Waals surface area contributed by atoms with Gasteiger partial charge in [-0.15, -0.1) is 18.2 Å². The molecule has 78 valence electrons. The van der Waals surface area contributed by atoms with E-state index in [0.29, 0.717) is 0 Å². The van der Waals surface area contributed by atoms with Crippen molar-refractivity contribution in [2.45, 2.75) is 4.90 Å². The Morgan fingerprint density at radius 2 is 1.50 bits per heavy atom. The van der Waals surface area contributed by atoms with Gasteiger partial charge in [-0.2, -0.15) is 0 Å². The lowest BCUT2D eigenvalue weighted by atomic mass is 9.95. The van der Waals surface area contributed by atoms with Crippen molar-refractivity contribution < 1.29 is 0 Å². The summed E-state index contributed by atoms with van der Waals surface area (Å²) in [6.07, 6.45) is 7.29. The van der Waals surface area contributed by atoms with Crippen molar-refractivity contribution in [1.29, 1.82) is 0 Å². The lowest BCUT2D eigenvalue weighted by Crippen LogP contribution is -1.85. The van der Waals surface area contributed by atoms with Crippen LogP contribution < -0.4 is 0 Å². The Morgan fingerprint density at radius 1 is 0.938 bits per heavy atom. The summed E-state index contributed by atoms with van der Waals surface area (Å²) in [4.78, 5) is 1.17. The summed E-state index contributed by atoms with van der Waals surface area (Å²) in [5.74, 6) is 2.63. The normalized spacial score (nSPS) is 9.75. The van der Waals surface area contributed by atoms with Crippen molar-refractivity contribution in [3.63, 3.8) is 0 Å². The molecule has 2 aliphatic carbocycles. The molecule has 0 fully saturated rings. The molecule has 1 aromatic rings. The van der Waals surface area contributed by atoms with Crippen LogP contribution in [0.4, 0.5) is 0 Å². The zero-order valence-corrected chi connectivity index (χ0v) is 9.92. The Kier molecular flexibility index (Phi) is 3.34. The first kappa shape index (κ1) is 10.9. The highest BCUT2D eigenvalue weighted by atomic mass is 32.2. The molecule has 1 aromatic carbocycles. The van der Waals surface area contributed by atoms with Gasteiger partial charge in [-0.05, 0) is 29.5 Å². The number of rotatable bonds is 1. The Hall–Kier alpha value is -1.65. The lowest BCUT2D eigenvalue weighted by Gasteiger charge is -2.10. The Labute approximate surface area is 101 Å². The third kappa shape index (κ3) is 2.13. The largest absolute Gasteiger partial charge is 0.128 e. The molecule has 16 heavy (non-hydrogen) atoms. The van der Waals surface area contributed by atoms with Gasteiger partial charge < -0.3 is 0 Å². The summed E-state index contributed by atoms with van der Waals surface area (Å²) >= 11 is 1.68. The average molecular weight is 224 g/mol. The van der Waals surface area contributed by atoms with E-state index in [9.17, 15) is 0 Å². The predicted octanol–water partition coefficient (Wildman–Crippen LogP) is 4.06. The third-order valence-corrected chi connectivity index (χ3v) is 3.28. The predicted molar refractivity (Wildman–Crippen MR) is 71.6 cm³/mol. The van der Waals surface area contributed by atoms with Crippen LogP contribution in [0.1, 0.15) is 5.56 Å². The number of hydrogen-bond donors (Lipinski definition) is 0. The van der Waals surface area contributed by atoms with E-state index in [1.165, 1.54) is 16.0 Å². The van der Waals surface area contributed by atoms with Gasteiger partial charge in [-0.3, -0.25) is 0 Å². The summed E-state index contributed by atoms with van der Waals surface area (Å²) in [5, 5.41) is 0. The van der Waals surface area contributed by atoms with E-state index in [4.69, 9.17) is 6.42 Å². The van der Waals surface area contributed by atoms with Crippen LogP contribution in [0.2, 0.25) is 0 Å². The van der Waals surface area contributed by atoms with Crippen molar-refractivity contribution in [3.8, 4) is 23.5 Å². The summed E-state index contributed by atoms with van der Waals surface area (Å²) in [7, 11) is 0. The van der Waals surface area contributed by atoms with Crippen LogP contribution in [-0.4, -0.2) is 6.26 Å². The van der Waals surface area contributed by atoms with E-state index in [-0.39, 0.29) is 0 Å². The maximum atomic E-state index is 5.26. The Morgan fingerprint density at radius 3 is 1.81 bits per heavy atom. The quantitative estimate of drug-likeness (QED) is 0.444.